The number of carboxylic acids is 1. The summed E-state index contributed by atoms with van der Waals surface area (Å²) in [5.74, 6) is -0.473. The molecule has 1 unspecified atom stereocenters. The second kappa shape index (κ2) is 6.13. The van der Waals surface area contributed by atoms with Gasteiger partial charge in [-0.05, 0) is 18.6 Å². The Labute approximate surface area is 111 Å². The molecule has 100 valence electrons. The van der Waals surface area contributed by atoms with E-state index in [0.717, 1.165) is 17.3 Å². The molecule has 0 fully saturated rings. The molecule has 1 aromatic carbocycles. The summed E-state index contributed by atoms with van der Waals surface area (Å²) < 4.78 is 0. The lowest BCUT2D eigenvalue weighted by Crippen LogP contribution is -2.23. The van der Waals surface area contributed by atoms with Crippen molar-refractivity contribution in [3.05, 3.63) is 30.6 Å². The van der Waals surface area contributed by atoms with Crippen LogP contribution in [0.1, 0.15) is 19.8 Å². The van der Waals surface area contributed by atoms with Crippen LogP contribution in [0.3, 0.4) is 0 Å². The van der Waals surface area contributed by atoms with E-state index in [2.05, 4.69) is 15.3 Å². The minimum atomic E-state index is -0.771. The molecule has 0 saturated carbocycles. The number of aliphatic carboxylic acids is 1. The Morgan fingerprint density at radius 2 is 2.16 bits per heavy atom. The average Bonchev–Trinajstić information content (AvgIpc) is 2.43. The zero-order chi connectivity index (χ0) is 13.7. The van der Waals surface area contributed by atoms with Crippen LogP contribution in [0, 0.1) is 5.92 Å². The maximum Gasteiger partial charge on any atom is 0.308 e. The Bertz CT molecular complexity index is 566. The molecule has 5 heteroatoms. The predicted octanol–water partition coefficient (Wildman–Crippen LogP) is 2.54. The van der Waals surface area contributed by atoms with Gasteiger partial charge >= 0.3 is 5.97 Å². The second-order valence-corrected chi connectivity index (χ2v) is 4.44. The fourth-order valence-corrected chi connectivity index (χ4v) is 2.03. The van der Waals surface area contributed by atoms with Crippen molar-refractivity contribution >= 4 is 22.7 Å². The van der Waals surface area contributed by atoms with E-state index < -0.39 is 11.9 Å². The number of hydrogen-bond acceptors (Lipinski definition) is 4. The number of benzene rings is 1. The molecule has 0 aliphatic carbocycles. The first kappa shape index (κ1) is 13.3. The van der Waals surface area contributed by atoms with Crippen molar-refractivity contribution in [1.82, 2.24) is 9.97 Å². The van der Waals surface area contributed by atoms with Gasteiger partial charge in [-0.15, -0.1) is 0 Å². The summed E-state index contributed by atoms with van der Waals surface area (Å²) in [5.41, 5.74) is 0.849. The number of fused-ring (bicyclic) bond motifs is 1. The molecule has 0 saturated heterocycles. The lowest BCUT2D eigenvalue weighted by Gasteiger charge is -2.13. The van der Waals surface area contributed by atoms with Crippen molar-refractivity contribution < 1.29 is 9.90 Å². The summed E-state index contributed by atoms with van der Waals surface area (Å²) in [6.07, 6.45) is 2.99. The molecule has 0 aliphatic heterocycles. The summed E-state index contributed by atoms with van der Waals surface area (Å²) in [7, 11) is 0. The highest BCUT2D eigenvalue weighted by Gasteiger charge is 2.16. The largest absolute Gasteiger partial charge is 0.481 e. The van der Waals surface area contributed by atoms with Gasteiger partial charge < -0.3 is 10.4 Å². The number of hydrogen-bond donors (Lipinski definition) is 2. The Morgan fingerprint density at radius 1 is 1.37 bits per heavy atom. The molecule has 2 N–H and O–H groups in total. The van der Waals surface area contributed by atoms with Crippen LogP contribution in [-0.4, -0.2) is 27.6 Å². The number of nitrogens with one attached hydrogen (secondary N) is 1. The first-order valence-corrected chi connectivity index (χ1v) is 6.38. The van der Waals surface area contributed by atoms with Gasteiger partial charge in [0.1, 0.15) is 12.1 Å². The third kappa shape index (κ3) is 3.19. The third-order valence-electron chi connectivity index (χ3n) is 3.05. The van der Waals surface area contributed by atoms with Crippen molar-refractivity contribution in [3.8, 4) is 0 Å². The average molecular weight is 259 g/mol. The number of nitrogens with zero attached hydrogens (tertiary/aromatic N) is 2. The Hall–Kier alpha value is -2.17. The topological polar surface area (TPSA) is 75.1 Å². The number of carboxylic acid groups (broad SMARTS) is 1. The van der Waals surface area contributed by atoms with Gasteiger partial charge in [-0.3, -0.25) is 4.79 Å². The molecule has 1 atom stereocenters. The lowest BCUT2D eigenvalue weighted by molar-refractivity contribution is -0.141. The Balaban J connectivity index is 2.15. The Morgan fingerprint density at radius 3 is 2.89 bits per heavy atom. The van der Waals surface area contributed by atoms with Gasteiger partial charge in [0.15, 0.2) is 0 Å². The minimum absolute atomic E-state index is 0.379. The van der Waals surface area contributed by atoms with Gasteiger partial charge in [0.25, 0.3) is 0 Å². The number of anilines is 1. The fourth-order valence-electron chi connectivity index (χ4n) is 2.03. The summed E-state index contributed by atoms with van der Waals surface area (Å²) in [6, 6.07) is 7.66. The minimum Gasteiger partial charge on any atom is -0.481 e. The first-order chi connectivity index (χ1) is 9.22. The zero-order valence-electron chi connectivity index (χ0n) is 10.8. The predicted molar refractivity (Wildman–Crippen MR) is 74.1 cm³/mol. The van der Waals surface area contributed by atoms with E-state index in [1.54, 1.807) is 0 Å². The lowest BCUT2D eigenvalue weighted by atomic mass is 10.0. The van der Waals surface area contributed by atoms with Crippen molar-refractivity contribution in [2.24, 2.45) is 5.92 Å². The summed E-state index contributed by atoms with van der Waals surface area (Å²) in [6.45, 7) is 2.36. The van der Waals surface area contributed by atoms with Crippen molar-refractivity contribution in [2.75, 3.05) is 11.9 Å². The third-order valence-corrected chi connectivity index (χ3v) is 3.05. The van der Waals surface area contributed by atoms with Crippen LogP contribution in [-0.2, 0) is 4.79 Å². The Kier molecular flexibility index (Phi) is 4.28. The standard InChI is InChI=1S/C14H17N3O2/c1-2-5-10(14(18)19)8-15-13-11-6-3-4-7-12(11)16-9-17-13/h3-4,6-7,9-10H,2,5,8H2,1H3,(H,18,19)(H,15,16,17). The monoisotopic (exact) mass is 259 g/mol. The highest BCUT2D eigenvalue weighted by Crippen LogP contribution is 2.19. The highest BCUT2D eigenvalue weighted by atomic mass is 16.4. The van der Waals surface area contributed by atoms with Crippen molar-refractivity contribution in [2.45, 2.75) is 19.8 Å². The molecule has 19 heavy (non-hydrogen) atoms. The molecule has 0 aliphatic rings. The van der Waals surface area contributed by atoms with Gasteiger partial charge in [-0.1, -0.05) is 25.5 Å². The maximum atomic E-state index is 11.1. The van der Waals surface area contributed by atoms with Crippen LogP contribution >= 0.6 is 0 Å². The van der Waals surface area contributed by atoms with Gasteiger partial charge in [0.05, 0.1) is 11.4 Å². The van der Waals surface area contributed by atoms with Crippen LogP contribution in [0.4, 0.5) is 5.82 Å². The van der Waals surface area contributed by atoms with Crippen LogP contribution in [0.5, 0.6) is 0 Å². The van der Waals surface area contributed by atoms with Crippen LogP contribution in [0.25, 0.3) is 10.9 Å². The highest BCUT2D eigenvalue weighted by molar-refractivity contribution is 5.88. The summed E-state index contributed by atoms with van der Waals surface area (Å²) in [4.78, 5) is 19.5. The quantitative estimate of drug-likeness (QED) is 0.833. The number of para-hydroxylation sites is 1. The molecular formula is C14H17N3O2. The van der Waals surface area contributed by atoms with Crippen molar-refractivity contribution in [1.29, 1.82) is 0 Å². The normalized spacial score (nSPS) is 12.3. The van der Waals surface area contributed by atoms with Gasteiger partial charge in [-0.2, -0.15) is 0 Å². The molecule has 2 aromatic rings. The van der Waals surface area contributed by atoms with E-state index in [4.69, 9.17) is 5.11 Å². The molecule has 1 aromatic heterocycles. The van der Waals surface area contributed by atoms with Crippen molar-refractivity contribution in [3.63, 3.8) is 0 Å². The number of carbonyl (C=O) groups is 1. The van der Waals surface area contributed by atoms with E-state index in [1.807, 2.05) is 31.2 Å². The van der Waals surface area contributed by atoms with E-state index in [9.17, 15) is 4.79 Å². The van der Waals surface area contributed by atoms with E-state index in [0.29, 0.717) is 18.8 Å². The van der Waals surface area contributed by atoms with Gasteiger partial charge in [-0.25, -0.2) is 9.97 Å². The van der Waals surface area contributed by atoms with Crippen LogP contribution in [0.15, 0.2) is 30.6 Å². The van der Waals surface area contributed by atoms with E-state index in [-0.39, 0.29) is 0 Å². The zero-order valence-corrected chi connectivity index (χ0v) is 10.8. The molecule has 1 heterocycles. The SMILES string of the molecule is CCCC(CNc1ncnc2ccccc12)C(=O)O. The molecule has 0 bridgehead atoms. The molecule has 5 nitrogen and oxygen atoms in total. The fraction of sp³-hybridized carbons (Fsp3) is 0.357. The second-order valence-electron chi connectivity index (χ2n) is 4.44. The number of rotatable bonds is 6. The van der Waals surface area contributed by atoms with E-state index in [1.165, 1.54) is 6.33 Å². The van der Waals surface area contributed by atoms with E-state index >= 15 is 0 Å². The molecular weight excluding hydrogens is 242 g/mol. The molecule has 0 amide bonds. The summed E-state index contributed by atoms with van der Waals surface area (Å²) >= 11 is 0. The molecule has 2 rings (SSSR count). The van der Waals surface area contributed by atoms with Crippen LogP contribution in [0.2, 0.25) is 0 Å². The smallest absolute Gasteiger partial charge is 0.308 e. The first-order valence-electron chi connectivity index (χ1n) is 6.38. The van der Waals surface area contributed by atoms with Crippen LogP contribution < -0.4 is 5.32 Å². The van der Waals surface area contributed by atoms with Gasteiger partial charge in [0.2, 0.25) is 0 Å². The summed E-state index contributed by atoms with van der Waals surface area (Å²) in [5, 5.41) is 13.2. The maximum absolute atomic E-state index is 11.1. The number of aromatic nitrogens is 2. The van der Waals surface area contributed by atoms with Gasteiger partial charge in [0, 0.05) is 11.9 Å². The molecule has 0 spiro atoms. The molecule has 0 radical (unpaired) electrons.